The lowest BCUT2D eigenvalue weighted by Gasteiger charge is -2.32. The maximum Gasteiger partial charge on any atom is 0.191 e. The molecule has 0 radical (unpaired) electrons. The lowest BCUT2D eigenvalue weighted by molar-refractivity contribution is 0.179. The number of hydrogen-bond acceptors (Lipinski definition) is 4. The SMILES string of the molecule is CN=C(NCC1CCN(Cc2cccs2)CC1)NC(C)Cc1c(C)nn(C)c1C. The molecule has 3 rings (SSSR count). The number of aromatic nitrogens is 2. The smallest absolute Gasteiger partial charge is 0.191 e. The Morgan fingerprint density at radius 1 is 1.34 bits per heavy atom. The third kappa shape index (κ3) is 6.06. The van der Waals surface area contributed by atoms with E-state index in [1.807, 2.05) is 30.1 Å². The van der Waals surface area contributed by atoms with E-state index in [0.717, 1.165) is 31.2 Å². The average Bonchev–Trinajstić information content (AvgIpc) is 3.30. The molecule has 1 atom stereocenters. The molecule has 29 heavy (non-hydrogen) atoms. The lowest BCUT2D eigenvalue weighted by atomic mass is 9.97. The van der Waals surface area contributed by atoms with E-state index in [1.54, 1.807) is 0 Å². The van der Waals surface area contributed by atoms with Crippen LogP contribution in [0, 0.1) is 19.8 Å². The zero-order chi connectivity index (χ0) is 20.8. The molecule has 3 heterocycles. The van der Waals surface area contributed by atoms with Crippen molar-refractivity contribution in [1.82, 2.24) is 25.3 Å². The summed E-state index contributed by atoms with van der Waals surface area (Å²) < 4.78 is 1.97. The van der Waals surface area contributed by atoms with E-state index in [9.17, 15) is 0 Å². The Hall–Kier alpha value is -1.86. The quantitative estimate of drug-likeness (QED) is 0.538. The van der Waals surface area contributed by atoms with Gasteiger partial charge < -0.3 is 10.6 Å². The molecular weight excluding hydrogens is 380 g/mol. The minimum atomic E-state index is 0.301. The fourth-order valence-corrected chi connectivity index (χ4v) is 4.86. The van der Waals surface area contributed by atoms with Gasteiger partial charge in [0, 0.05) is 43.8 Å². The van der Waals surface area contributed by atoms with E-state index in [1.165, 1.54) is 42.1 Å². The first-order chi connectivity index (χ1) is 14.0. The van der Waals surface area contributed by atoms with Gasteiger partial charge in [-0.15, -0.1) is 11.3 Å². The highest BCUT2D eigenvalue weighted by molar-refractivity contribution is 7.09. The highest BCUT2D eigenvalue weighted by Gasteiger charge is 2.20. The molecule has 6 nitrogen and oxygen atoms in total. The number of piperidine rings is 1. The molecular formula is C22H36N6S. The molecule has 1 unspecified atom stereocenters. The number of aryl methyl sites for hydroxylation is 2. The molecule has 0 amide bonds. The molecule has 1 saturated heterocycles. The van der Waals surface area contributed by atoms with Gasteiger partial charge in [-0.2, -0.15) is 5.10 Å². The van der Waals surface area contributed by atoms with Gasteiger partial charge in [-0.3, -0.25) is 14.6 Å². The standard InChI is InChI=1S/C22H36N6S/c1-16(13-21-17(2)26-27(5)18(21)3)25-22(23-4)24-14-19-8-10-28(11-9-19)15-20-7-6-12-29-20/h6-7,12,16,19H,8-11,13-15H2,1-5H3,(H2,23,24,25). The van der Waals surface area contributed by atoms with E-state index >= 15 is 0 Å². The Balaban J connectivity index is 1.40. The van der Waals surface area contributed by atoms with E-state index in [0.29, 0.717) is 12.0 Å². The van der Waals surface area contributed by atoms with Gasteiger partial charge in [0.15, 0.2) is 5.96 Å². The van der Waals surface area contributed by atoms with Crippen LogP contribution in [0.3, 0.4) is 0 Å². The Morgan fingerprint density at radius 2 is 2.10 bits per heavy atom. The average molecular weight is 417 g/mol. The zero-order valence-electron chi connectivity index (χ0n) is 18.5. The summed E-state index contributed by atoms with van der Waals surface area (Å²) in [5, 5.41) is 13.8. The Morgan fingerprint density at radius 3 is 2.69 bits per heavy atom. The second kappa shape index (κ2) is 10.3. The van der Waals surface area contributed by atoms with E-state index in [-0.39, 0.29) is 0 Å². The fourth-order valence-electron chi connectivity index (χ4n) is 4.11. The highest BCUT2D eigenvalue weighted by Crippen LogP contribution is 2.20. The van der Waals surface area contributed by atoms with Gasteiger partial charge in [0.2, 0.25) is 0 Å². The van der Waals surface area contributed by atoms with E-state index in [2.05, 4.69) is 63.9 Å². The van der Waals surface area contributed by atoms with Crippen molar-refractivity contribution >= 4 is 17.3 Å². The van der Waals surface area contributed by atoms with Crippen LogP contribution in [0.2, 0.25) is 0 Å². The van der Waals surface area contributed by atoms with Crippen LogP contribution in [0.1, 0.15) is 41.6 Å². The first-order valence-electron chi connectivity index (χ1n) is 10.7. The molecule has 1 fully saturated rings. The van der Waals surface area contributed by atoms with Crippen LogP contribution in [0.15, 0.2) is 22.5 Å². The second-order valence-electron chi connectivity index (χ2n) is 8.27. The third-order valence-electron chi connectivity index (χ3n) is 6.00. The summed E-state index contributed by atoms with van der Waals surface area (Å²) in [6.07, 6.45) is 3.45. The number of thiophene rings is 1. The van der Waals surface area contributed by atoms with Gasteiger partial charge in [-0.1, -0.05) is 6.07 Å². The van der Waals surface area contributed by atoms with Gasteiger partial charge in [0.25, 0.3) is 0 Å². The van der Waals surface area contributed by atoms with Crippen LogP contribution >= 0.6 is 11.3 Å². The predicted molar refractivity (Wildman–Crippen MR) is 123 cm³/mol. The molecule has 0 saturated carbocycles. The summed E-state index contributed by atoms with van der Waals surface area (Å²) in [6.45, 7) is 10.9. The van der Waals surface area contributed by atoms with E-state index in [4.69, 9.17) is 0 Å². The molecule has 7 heteroatoms. The zero-order valence-corrected chi connectivity index (χ0v) is 19.4. The largest absolute Gasteiger partial charge is 0.356 e. The number of guanidine groups is 1. The summed E-state index contributed by atoms with van der Waals surface area (Å²) in [4.78, 5) is 8.48. The van der Waals surface area contributed by atoms with Crippen molar-refractivity contribution in [3.63, 3.8) is 0 Å². The number of rotatable bonds is 7. The second-order valence-corrected chi connectivity index (χ2v) is 9.31. The summed E-state index contributed by atoms with van der Waals surface area (Å²) in [6, 6.07) is 4.69. The van der Waals surface area contributed by atoms with Crippen LogP contribution in [0.5, 0.6) is 0 Å². The molecule has 2 N–H and O–H groups in total. The molecule has 160 valence electrons. The van der Waals surface area contributed by atoms with Crippen LogP contribution in [-0.4, -0.2) is 53.4 Å². The molecule has 2 aromatic rings. The summed E-state index contributed by atoms with van der Waals surface area (Å²) >= 11 is 1.86. The third-order valence-corrected chi connectivity index (χ3v) is 6.86. The molecule has 0 aromatic carbocycles. The predicted octanol–water partition coefficient (Wildman–Crippen LogP) is 3.11. The van der Waals surface area contributed by atoms with Crippen LogP contribution in [-0.2, 0) is 20.0 Å². The van der Waals surface area contributed by atoms with Crippen molar-refractivity contribution < 1.29 is 0 Å². The monoisotopic (exact) mass is 416 g/mol. The van der Waals surface area contributed by atoms with Gasteiger partial charge in [0.05, 0.1) is 5.69 Å². The van der Waals surface area contributed by atoms with Crippen molar-refractivity contribution in [3.8, 4) is 0 Å². The number of nitrogens with zero attached hydrogens (tertiary/aromatic N) is 4. The molecule has 0 aliphatic carbocycles. The minimum Gasteiger partial charge on any atom is -0.356 e. The van der Waals surface area contributed by atoms with E-state index < -0.39 is 0 Å². The van der Waals surface area contributed by atoms with Gasteiger partial charge in [0.1, 0.15) is 0 Å². The number of aliphatic imine (C=N–C) groups is 1. The van der Waals surface area contributed by atoms with Crippen LogP contribution < -0.4 is 10.6 Å². The first-order valence-corrected chi connectivity index (χ1v) is 11.5. The maximum absolute atomic E-state index is 4.53. The molecule has 1 aliphatic heterocycles. The van der Waals surface area contributed by atoms with Crippen molar-refractivity contribution in [1.29, 1.82) is 0 Å². The molecule has 1 aliphatic rings. The molecule has 0 bridgehead atoms. The number of nitrogens with one attached hydrogen (secondary N) is 2. The van der Waals surface area contributed by atoms with Crippen LogP contribution in [0.4, 0.5) is 0 Å². The van der Waals surface area contributed by atoms with Gasteiger partial charge >= 0.3 is 0 Å². The summed E-state index contributed by atoms with van der Waals surface area (Å²) in [5.41, 5.74) is 3.70. The van der Waals surface area contributed by atoms with Gasteiger partial charge in [-0.25, -0.2) is 0 Å². The Kier molecular flexibility index (Phi) is 7.72. The number of hydrogen-bond donors (Lipinski definition) is 2. The highest BCUT2D eigenvalue weighted by atomic mass is 32.1. The fraction of sp³-hybridized carbons (Fsp3) is 0.636. The van der Waals surface area contributed by atoms with Crippen molar-refractivity contribution in [2.24, 2.45) is 18.0 Å². The van der Waals surface area contributed by atoms with Crippen molar-refractivity contribution in [3.05, 3.63) is 39.3 Å². The minimum absolute atomic E-state index is 0.301. The van der Waals surface area contributed by atoms with Crippen molar-refractivity contribution in [2.75, 3.05) is 26.7 Å². The first kappa shape index (κ1) is 21.8. The Bertz CT molecular complexity index is 787. The van der Waals surface area contributed by atoms with Gasteiger partial charge in [-0.05, 0) is 76.1 Å². The maximum atomic E-state index is 4.53. The Labute approximate surface area is 179 Å². The molecule has 0 spiro atoms. The number of likely N-dealkylation sites (tertiary alicyclic amines) is 1. The topological polar surface area (TPSA) is 57.5 Å². The lowest BCUT2D eigenvalue weighted by Crippen LogP contribution is -2.46. The van der Waals surface area contributed by atoms with Crippen LogP contribution in [0.25, 0.3) is 0 Å². The van der Waals surface area contributed by atoms with Crippen molar-refractivity contribution in [2.45, 2.75) is 52.6 Å². The normalized spacial score (nSPS) is 17.5. The summed E-state index contributed by atoms with van der Waals surface area (Å²) in [5.74, 6) is 1.61. The summed E-state index contributed by atoms with van der Waals surface area (Å²) in [7, 11) is 3.86. The molecule has 2 aromatic heterocycles.